The molecule has 0 atom stereocenters. The van der Waals surface area contributed by atoms with Gasteiger partial charge in [-0.15, -0.1) is 0 Å². The molecule has 1 heterocycles. The van der Waals surface area contributed by atoms with Gasteiger partial charge >= 0.3 is 5.69 Å². The summed E-state index contributed by atoms with van der Waals surface area (Å²) in [5, 5.41) is 11.2. The molecule has 3 rings (SSSR count). The molecule has 7 heteroatoms. The van der Waals surface area contributed by atoms with Crippen LogP contribution in [0.2, 0.25) is 0 Å². The van der Waals surface area contributed by atoms with E-state index in [0.29, 0.717) is 12.3 Å². The van der Waals surface area contributed by atoms with Gasteiger partial charge in [0.2, 0.25) is 0 Å². The van der Waals surface area contributed by atoms with Crippen LogP contribution in [-0.4, -0.2) is 55.1 Å². The Morgan fingerprint density at radius 3 is 1.96 bits per heavy atom. The molecule has 0 aliphatic carbocycles. The minimum absolute atomic E-state index is 0.0214. The van der Waals surface area contributed by atoms with Gasteiger partial charge in [-0.25, -0.2) is 0 Å². The van der Waals surface area contributed by atoms with Crippen LogP contribution in [-0.2, 0) is 13.1 Å². The third-order valence-corrected chi connectivity index (χ3v) is 4.88. The standard InChI is InChI=1S/C20H25N3O4/c1-26-18-6-3-16(4-7-18)14-21-9-11-22(12-10-21)15-17-5-8-20(27-2)19(13-17)23(24)25/h3-8,13H,9-12,14-15H2,1-2H3. The molecule has 0 N–H and O–H groups in total. The molecule has 0 unspecified atom stereocenters. The van der Waals surface area contributed by atoms with Crippen molar-refractivity contribution in [2.24, 2.45) is 0 Å². The fourth-order valence-electron chi connectivity index (χ4n) is 3.33. The molecule has 0 aromatic heterocycles. The lowest BCUT2D eigenvalue weighted by Gasteiger charge is -2.34. The molecule has 2 aromatic carbocycles. The molecule has 0 saturated carbocycles. The molecule has 1 aliphatic rings. The summed E-state index contributed by atoms with van der Waals surface area (Å²) in [5.74, 6) is 1.17. The fourth-order valence-corrected chi connectivity index (χ4v) is 3.33. The number of nitro groups is 1. The Morgan fingerprint density at radius 1 is 0.889 bits per heavy atom. The number of nitro benzene ring substituents is 1. The van der Waals surface area contributed by atoms with Gasteiger partial charge in [0.05, 0.1) is 19.1 Å². The Bertz CT molecular complexity index is 771. The maximum Gasteiger partial charge on any atom is 0.311 e. The lowest BCUT2D eigenvalue weighted by atomic mass is 10.1. The van der Waals surface area contributed by atoms with Crippen molar-refractivity contribution in [2.75, 3.05) is 40.4 Å². The van der Waals surface area contributed by atoms with Crippen molar-refractivity contribution < 1.29 is 14.4 Å². The highest BCUT2D eigenvalue weighted by Gasteiger charge is 2.20. The molecular weight excluding hydrogens is 346 g/mol. The second kappa shape index (κ2) is 8.83. The van der Waals surface area contributed by atoms with Gasteiger partial charge in [-0.1, -0.05) is 18.2 Å². The van der Waals surface area contributed by atoms with Gasteiger partial charge in [-0.05, 0) is 29.3 Å². The van der Waals surface area contributed by atoms with Crippen LogP contribution < -0.4 is 9.47 Å². The predicted octanol–water partition coefficient (Wildman–Crippen LogP) is 2.93. The predicted molar refractivity (Wildman–Crippen MR) is 103 cm³/mol. The van der Waals surface area contributed by atoms with E-state index >= 15 is 0 Å². The average molecular weight is 371 g/mol. The molecule has 1 fully saturated rings. The van der Waals surface area contributed by atoms with Crippen molar-refractivity contribution in [3.05, 3.63) is 63.7 Å². The van der Waals surface area contributed by atoms with Crippen LogP contribution >= 0.6 is 0 Å². The molecule has 0 radical (unpaired) electrons. The highest BCUT2D eigenvalue weighted by Crippen LogP contribution is 2.28. The third-order valence-electron chi connectivity index (χ3n) is 4.88. The zero-order valence-corrected chi connectivity index (χ0v) is 15.8. The van der Waals surface area contributed by atoms with E-state index in [4.69, 9.17) is 9.47 Å². The Labute approximate surface area is 159 Å². The second-order valence-corrected chi connectivity index (χ2v) is 6.66. The zero-order valence-electron chi connectivity index (χ0n) is 15.8. The maximum absolute atomic E-state index is 11.2. The molecule has 1 saturated heterocycles. The molecule has 7 nitrogen and oxygen atoms in total. The van der Waals surface area contributed by atoms with Crippen molar-refractivity contribution in [3.63, 3.8) is 0 Å². The minimum Gasteiger partial charge on any atom is -0.497 e. The molecule has 27 heavy (non-hydrogen) atoms. The highest BCUT2D eigenvalue weighted by molar-refractivity contribution is 5.48. The van der Waals surface area contributed by atoms with Gasteiger partial charge < -0.3 is 9.47 Å². The number of piperazine rings is 1. The molecule has 1 aliphatic heterocycles. The van der Waals surface area contributed by atoms with Crippen molar-refractivity contribution in [1.82, 2.24) is 9.80 Å². The summed E-state index contributed by atoms with van der Waals surface area (Å²) >= 11 is 0. The van der Waals surface area contributed by atoms with E-state index in [1.54, 1.807) is 19.2 Å². The molecule has 0 amide bonds. The zero-order chi connectivity index (χ0) is 19.2. The van der Waals surface area contributed by atoms with Gasteiger partial charge in [-0.2, -0.15) is 0 Å². The summed E-state index contributed by atoms with van der Waals surface area (Å²) < 4.78 is 10.3. The molecule has 0 spiro atoms. The first-order valence-corrected chi connectivity index (χ1v) is 8.98. The fraction of sp³-hybridized carbons (Fsp3) is 0.400. The van der Waals surface area contributed by atoms with Gasteiger partial charge in [-0.3, -0.25) is 19.9 Å². The van der Waals surface area contributed by atoms with E-state index < -0.39 is 4.92 Å². The Kier molecular flexibility index (Phi) is 6.26. The SMILES string of the molecule is COc1ccc(CN2CCN(Cc3ccc(OC)c([N+](=O)[O-])c3)CC2)cc1. The van der Waals surface area contributed by atoms with E-state index in [-0.39, 0.29) is 5.69 Å². The average Bonchev–Trinajstić information content (AvgIpc) is 2.70. The summed E-state index contributed by atoms with van der Waals surface area (Å²) in [6, 6.07) is 13.4. The normalized spacial score (nSPS) is 15.5. The van der Waals surface area contributed by atoms with Gasteiger partial charge in [0.25, 0.3) is 0 Å². The summed E-state index contributed by atoms with van der Waals surface area (Å²) in [6.45, 7) is 5.47. The lowest BCUT2D eigenvalue weighted by Crippen LogP contribution is -2.45. The first kappa shape index (κ1) is 19.1. The van der Waals surface area contributed by atoms with E-state index in [9.17, 15) is 10.1 Å². The van der Waals surface area contributed by atoms with Gasteiger partial charge in [0.1, 0.15) is 5.75 Å². The smallest absolute Gasteiger partial charge is 0.311 e. The van der Waals surface area contributed by atoms with Crippen molar-refractivity contribution in [1.29, 1.82) is 0 Å². The van der Waals surface area contributed by atoms with Crippen LogP contribution in [0.3, 0.4) is 0 Å². The van der Waals surface area contributed by atoms with E-state index in [0.717, 1.165) is 44.0 Å². The van der Waals surface area contributed by atoms with Crippen molar-refractivity contribution in [3.8, 4) is 11.5 Å². The van der Waals surface area contributed by atoms with E-state index in [2.05, 4.69) is 21.9 Å². The molecular formula is C20H25N3O4. The van der Waals surface area contributed by atoms with Gasteiger partial charge in [0, 0.05) is 45.3 Å². The second-order valence-electron chi connectivity index (χ2n) is 6.66. The summed E-state index contributed by atoms with van der Waals surface area (Å²) in [6.07, 6.45) is 0. The first-order valence-electron chi connectivity index (χ1n) is 8.98. The largest absolute Gasteiger partial charge is 0.497 e. The van der Waals surface area contributed by atoms with E-state index in [1.807, 2.05) is 18.2 Å². The van der Waals surface area contributed by atoms with Crippen LogP contribution in [0.5, 0.6) is 11.5 Å². The van der Waals surface area contributed by atoms with Crippen LogP contribution in [0.25, 0.3) is 0 Å². The van der Waals surface area contributed by atoms with Crippen LogP contribution in [0.1, 0.15) is 11.1 Å². The number of nitrogens with zero attached hydrogens (tertiary/aromatic N) is 3. The van der Waals surface area contributed by atoms with Crippen molar-refractivity contribution in [2.45, 2.75) is 13.1 Å². The molecule has 144 valence electrons. The number of benzene rings is 2. The summed E-state index contributed by atoms with van der Waals surface area (Å²) in [4.78, 5) is 15.5. The quantitative estimate of drug-likeness (QED) is 0.551. The summed E-state index contributed by atoms with van der Waals surface area (Å²) in [7, 11) is 3.12. The number of hydrogen-bond acceptors (Lipinski definition) is 6. The van der Waals surface area contributed by atoms with Crippen molar-refractivity contribution >= 4 is 5.69 Å². The molecule has 0 bridgehead atoms. The number of methoxy groups -OCH3 is 2. The minimum atomic E-state index is -0.394. The number of rotatable bonds is 7. The Balaban J connectivity index is 1.53. The maximum atomic E-state index is 11.2. The Hall–Kier alpha value is -2.64. The monoisotopic (exact) mass is 371 g/mol. The Morgan fingerprint density at radius 2 is 1.44 bits per heavy atom. The highest BCUT2D eigenvalue weighted by atomic mass is 16.6. The topological polar surface area (TPSA) is 68.1 Å². The van der Waals surface area contributed by atoms with Crippen LogP contribution in [0.4, 0.5) is 5.69 Å². The number of ether oxygens (including phenoxy) is 2. The van der Waals surface area contributed by atoms with E-state index in [1.165, 1.54) is 12.7 Å². The first-order chi connectivity index (χ1) is 13.1. The third kappa shape index (κ3) is 4.96. The number of hydrogen-bond donors (Lipinski definition) is 0. The summed E-state index contributed by atoms with van der Waals surface area (Å²) in [5.41, 5.74) is 2.23. The van der Waals surface area contributed by atoms with Gasteiger partial charge in [0.15, 0.2) is 5.75 Å². The van der Waals surface area contributed by atoms with Crippen LogP contribution in [0.15, 0.2) is 42.5 Å². The lowest BCUT2D eigenvalue weighted by molar-refractivity contribution is -0.385. The van der Waals surface area contributed by atoms with Crippen LogP contribution in [0, 0.1) is 10.1 Å². The molecule has 2 aromatic rings.